The number of carbonyl (C=O) groups is 1. The van der Waals surface area contributed by atoms with Crippen molar-refractivity contribution in [3.05, 3.63) is 28.3 Å². The van der Waals surface area contributed by atoms with Crippen LogP contribution < -0.4 is 15.8 Å². The van der Waals surface area contributed by atoms with Gasteiger partial charge in [-0.1, -0.05) is 0 Å². The average Bonchev–Trinajstić information content (AvgIpc) is 2.60. The number of carbonyl (C=O) groups excluding carboxylic acids is 1. The maximum atomic E-state index is 12.3. The van der Waals surface area contributed by atoms with E-state index >= 15 is 0 Å². The molecule has 1 fully saturated rings. The predicted molar refractivity (Wildman–Crippen MR) is 103 cm³/mol. The fraction of sp³-hybridized carbons (Fsp3) is 0.533. The molecule has 152 valence electrons. The minimum Gasteiger partial charge on any atom is -0.379 e. The minimum atomic E-state index is -4.03. The van der Waals surface area contributed by atoms with Crippen molar-refractivity contribution in [3.63, 3.8) is 0 Å². The molecule has 1 aliphatic rings. The van der Waals surface area contributed by atoms with E-state index in [1.807, 2.05) is 0 Å². The molecule has 0 spiro atoms. The summed E-state index contributed by atoms with van der Waals surface area (Å²) in [5.41, 5.74) is -0.268. The monoisotopic (exact) mass is 421 g/mol. The quantitative estimate of drug-likeness (QED) is 0.433. The van der Waals surface area contributed by atoms with Gasteiger partial charge in [0.15, 0.2) is 0 Å². The first-order valence-corrected chi connectivity index (χ1v) is 9.76. The molecule has 12 heteroatoms. The van der Waals surface area contributed by atoms with E-state index in [-0.39, 0.29) is 47.9 Å². The Morgan fingerprint density at radius 2 is 2.04 bits per heavy atom. The van der Waals surface area contributed by atoms with Gasteiger partial charge in [0.1, 0.15) is 5.69 Å². The highest BCUT2D eigenvalue weighted by molar-refractivity contribution is 7.89. The van der Waals surface area contributed by atoms with Crippen LogP contribution in [-0.4, -0.2) is 56.9 Å². The standard InChI is InChI=1S/C15H23N5O5S.ClH/c1-19(11-4-7-17-8-5-11)15(21)6-9-18-13-3-2-12(26(16,24)25)10-14(13)20(22)23;/h2-3,10-11,17-18H,4-9H2,1H3,(H2,16,24,25);1H. The zero-order valence-corrected chi connectivity index (χ0v) is 16.5. The fourth-order valence-corrected chi connectivity index (χ4v) is 3.40. The van der Waals surface area contributed by atoms with Crippen molar-refractivity contribution in [2.45, 2.75) is 30.2 Å². The molecule has 0 bridgehead atoms. The molecule has 0 atom stereocenters. The second-order valence-electron chi connectivity index (χ2n) is 6.14. The number of primary sulfonamides is 1. The third-order valence-electron chi connectivity index (χ3n) is 4.40. The maximum Gasteiger partial charge on any atom is 0.293 e. The highest BCUT2D eigenvalue weighted by atomic mass is 35.5. The van der Waals surface area contributed by atoms with E-state index in [2.05, 4.69) is 10.6 Å². The molecule has 1 heterocycles. The number of anilines is 1. The lowest BCUT2D eigenvalue weighted by Gasteiger charge is -2.31. The van der Waals surface area contributed by atoms with Crippen LogP contribution in [0.15, 0.2) is 23.1 Å². The second-order valence-corrected chi connectivity index (χ2v) is 7.71. The Morgan fingerprint density at radius 1 is 1.41 bits per heavy atom. The molecule has 0 unspecified atom stereocenters. The smallest absolute Gasteiger partial charge is 0.293 e. The molecule has 1 saturated heterocycles. The second kappa shape index (κ2) is 9.83. The van der Waals surface area contributed by atoms with E-state index in [0.717, 1.165) is 32.0 Å². The van der Waals surface area contributed by atoms with E-state index in [0.29, 0.717) is 0 Å². The molecule has 1 aromatic carbocycles. The summed E-state index contributed by atoms with van der Waals surface area (Å²) in [7, 11) is -2.27. The van der Waals surface area contributed by atoms with Crippen LogP contribution in [0.3, 0.4) is 0 Å². The van der Waals surface area contributed by atoms with Crippen LogP contribution in [-0.2, 0) is 14.8 Å². The molecule has 0 saturated carbocycles. The fourth-order valence-electron chi connectivity index (χ4n) is 2.87. The van der Waals surface area contributed by atoms with Gasteiger partial charge in [0.05, 0.1) is 9.82 Å². The van der Waals surface area contributed by atoms with Crippen molar-refractivity contribution in [2.24, 2.45) is 5.14 Å². The van der Waals surface area contributed by atoms with Crippen LogP contribution in [0.2, 0.25) is 0 Å². The summed E-state index contributed by atoms with van der Waals surface area (Å²) in [5, 5.41) is 22.2. The number of rotatable bonds is 7. The molecule has 2 rings (SSSR count). The number of nitrogens with one attached hydrogen (secondary N) is 2. The summed E-state index contributed by atoms with van der Waals surface area (Å²) >= 11 is 0. The van der Waals surface area contributed by atoms with Gasteiger partial charge in [-0.05, 0) is 38.1 Å². The summed E-state index contributed by atoms with van der Waals surface area (Å²) in [6, 6.07) is 3.57. The van der Waals surface area contributed by atoms with Gasteiger partial charge in [-0.15, -0.1) is 12.4 Å². The van der Waals surface area contributed by atoms with Gasteiger partial charge < -0.3 is 15.5 Å². The zero-order valence-electron chi connectivity index (χ0n) is 14.9. The molecule has 27 heavy (non-hydrogen) atoms. The number of nitro groups is 1. The zero-order chi connectivity index (χ0) is 19.3. The first-order valence-electron chi connectivity index (χ1n) is 8.21. The van der Waals surface area contributed by atoms with Crippen molar-refractivity contribution < 1.29 is 18.1 Å². The molecule has 0 aliphatic carbocycles. The predicted octanol–water partition coefficient (Wildman–Crippen LogP) is 0.676. The van der Waals surface area contributed by atoms with Gasteiger partial charge in [-0.2, -0.15) is 0 Å². The lowest BCUT2D eigenvalue weighted by Crippen LogP contribution is -2.44. The molecule has 0 aromatic heterocycles. The van der Waals surface area contributed by atoms with E-state index in [4.69, 9.17) is 5.14 Å². The molecule has 0 radical (unpaired) electrons. The number of nitro benzene ring substituents is 1. The first kappa shape index (κ1) is 23.1. The molecular formula is C15H24ClN5O5S. The van der Waals surface area contributed by atoms with Gasteiger partial charge in [-0.3, -0.25) is 14.9 Å². The molecular weight excluding hydrogens is 398 g/mol. The van der Waals surface area contributed by atoms with Gasteiger partial charge in [-0.25, -0.2) is 13.6 Å². The Bertz CT molecular complexity index is 783. The van der Waals surface area contributed by atoms with E-state index in [1.54, 1.807) is 11.9 Å². The van der Waals surface area contributed by atoms with Crippen LogP contribution in [0, 0.1) is 10.1 Å². The van der Waals surface area contributed by atoms with Crippen molar-refractivity contribution in [2.75, 3.05) is 32.0 Å². The number of hydrogen-bond donors (Lipinski definition) is 3. The van der Waals surface area contributed by atoms with Crippen molar-refractivity contribution in [1.29, 1.82) is 0 Å². The molecule has 4 N–H and O–H groups in total. The summed E-state index contributed by atoms with van der Waals surface area (Å²) < 4.78 is 22.7. The van der Waals surface area contributed by atoms with Crippen LogP contribution in [0.25, 0.3) is 0 Å². The number of benzene rings is 1. The Morgan fingerprint density at radius 3 is 2.59 bits per heavy atom. The number of hydrogen-bond acceptors (Lipinski definition) is 7. The Labute approximate surface area is 164 Å². The SMILES string of the molecule is CN(C(=O)CCNc1ccc(S(N)(=O)=O)cc1[N+](=O)[O-])C1CCNCC1.Cl. The largest absolute Gasteiger partial charge is 0.379 e. The number of nitrogens with two attached hydrogens (primary N) is 1. The molecule has 1 aromatic rings. The number of piperidine rings is 1. The third kappa shape index (κ3) is 6.31. The topological polar surface area (TPSA) is 148 Å². The molecule has 10 nitrogen and oxygen atoms in total. The lowest BCUT2D eigenvalue weighted by molar-refractivity contribution is -0.384. The molecule has 1 amide bonds. The van der Waals surface area contributed by atoms with E-state index in [1.165, 1.54) is 12.1 Å². The van der Waals surface area contributed by atoms with Crippen molar-refractivity contribution in [3.8, 4) is 0 Å². The molecule has 1 aliphatic heterocycles. The van der Waals surface area contributed by atoms with E-state index in [9.17, 15) is 23.3 Å². The highest BCUT2D eigenvalue weighted by Crippen LogP contribution is 2.27. The normalized spacial score (nSPS) is 14.9. The number of nitrogens with zero attached hydrogens (tertiary/aromatic N) is 2. The van der Waals surface area contributed by atoms with Gasteiger partial charge >= 0.3 is 0 Å². The van der Waals surface area contributed by atoms with E-state index < -0.39 is 20.6 Å². The van der Waals surface area contributed by atoms with Gasteiger partial charge in [0.2, 0.25) is 15.9 Å². The highest BCUT2D eigenvalue weighted by Gasteiger charge is 2.22. The van der Waals surface area contributed by atoms with Crippen LogP contribution >= 0.6 is 12.4 Å². The minimum absolute atomic E-state index is 0. The van der Waals surface area contributed by atoms with Crippen molar-refractivity contribution >= 4 is 39.7 Å². The summed E-state index contributed by atoms with van der Waals surface area (Å²) in [6.45, 7) is 1.95. The van der Waals surface area contributed by atoms with Crippen LogP contribution in [0.5, 0.6) is 0 Å². The third-order valence-corrected chi connectivity index (χ3v) is 5.31. The Balaban J connectivity index is 0.00000364. The van der Waals surface area contributed by atoms with Gasteiger partial charge in [0, 0.05) is 32.1 Å². The maximum absolute atomic E-state index is 12.3. The number of halogens is 1. The van der Waals surface area contributed by atoms with Gasteiger partial charge in [0.25, 0.3) is 5.69 Å². The van der Waals surface area contributed by atoms with Crippen molar-refractivity contribution in [1.82, 2.24) is 10.2 Å². The Hall–Kier alpha value is -1.95. The summed E-state index contributed by atoms with van der Waals surface area (Å²) in [6.07, 6.45) is 1.97. The summed E-state index contributed by atoms with van der Waals surface area (Å²) in [4.78, 5) is 24.1. The van der Waals surface area contributed by atoms with Crippen LogP contribution in [0.4, 0.5) is 11.4 Å². The first-order chi connectivity index (χ1) is 12.2. The number of sulfonamides is 1. The van der Waals surface area contributed by atoms with Crippen LogP contribution in [0.1, 0.15) is 19.3 Å². The number of amides is 1. The average molecular weight is 422 g/mol. The lowest BCUT2D eigenvalue weighted by atomic mass is 10.1. The summed E-state index contributed by atoms with van der Waals surface area (Å²) in [5.74, 6) is -0.0480. The Kier molecular flexibility index (Phi) is 8.41.